The number of carbonyl (C=O) groups is 2. The summed E-state index contributed by atoms with van der Waals surface area (Å²) >= 11 is 1.75. The number of fused-ring (bicyclic) bond motifs is 2. The fourth-order valence-corrected chi connectivity index (χ4v) is 5.21. The van der Waals surface area contributed by atoms with Crippen molar-refractivity contribution in [1.29, 1.82) is 0 Å². The normalized spacial score (nSPS) is 13.0. The number of ether oxygens (including phenoxy) is 2. The maximum atomic E-state index is 14.5. The maximum Gasteiger partial charge on any atom is 0.306 e. The molecule has 11 nitrogen and oxygen atoms in total. The number of esters is 1. The molecule has 1 aromatic carbocycles. The van der Waals surface area contributed by atoms with Crippen LogP contribution in [0.5, 0.6) is 0 Å². The molecule has 4 heterocycles. The number of rotatable bonds is 12. The average Bonchev–Trinajstić information content (AvgIpc) is 3.52. The van der Waals surface area contributed by atoms with Crippen LogP contribution < -0.4 is 10.6 Å². The molecule has 3 aromatic heterocycles. The summed E-state index contributed by atoms with van der Waals surface area (Å²) in [6.07, 6.45) is 7.92. The Morgan fingerprint density at radius 1 is 1.09 bits per heavy atom. The van der Waals surface area contributed by atoms with Crippen molar-refractivity contribution in [1.82, 2.24) is 24.7 Å². The molecule has 5 rings (SSSR count). The highest BCUT2D eigenvalue weighted by Gasteiger charge is 2.47. The summed E-state index contributed by atoms with van der Waals surface area (Å²) in [6, 6.07) is 10.2. The zero-order valence-corrected chi connectivity index (χ0v) is 29.2. The van der Waals surface area contributed by atoms with Crippen molar-refractivity contribution < 1.29 is 23.5 Å². The molecule has 0 aliphatic carbocycles. The molecular weight excluding hydrogens is 621 g/mol. The molecule has 0 fully saturated rings. The summed E-state index contributed by atoms with van der Waals surface area (Å²) in [5, 5.41) is 5.47. The van der Waals surface area contributed by atoms with E-state index < -0.39 is 5.41 Å². The lowest BCUT2D eigenvalue weighted by Gasteiger charge is -2.19. The van der Waals surface area contributed by atoms with Crippen molar-refractivity contribution in [2.75, 3.05) is 44.4 Å². The Morgan fingerprint density at radius 2 is 1.81 bits per heavy atom. The minimum atomic E-state index is -0.931. The first-order valence-corrected chi connectivity index (χ1v) is 17.3. The summed E-state index contributed by atoms with van der Waals surface area (Å²) in [5.41, 5.74) is 6.25. The molecule has 254 valence electrons. The molecule has 1 aliphatic heterocycles. The van der Waals surface area contributed by atoms with E-state index in [1.165, 1.54) is 13.1 Å². The van der Waals surface area contributed by atoms with Gasteiger partial charge in [-0.3, -0.25) is 14.5 Å². The predicted octanol–water partition coefficient (Wildman–Crippen LogP) is 5.52. The fourth-order valence-electron chi connectivity index (χ4n) is 5.21. The van der Waals surface area contributed by atoms with Crippen LogP contribution in [0.1, 0.15) is 63.8 Å². The number of nitrogens with zero attached hydrogens (tertiary/aromatic N) is 6. The molecule has 13 heteroatoms. The van der Waals surface area contributed by atoms with Crippen LogP contribution in [-0.2, 0) is 37.4 Å². The third kappa shape index (κ3) is 8.70. The van der Waals surface area contributed by atoms with Gasteiger partial charge in [-0.05, 0) is 65.0 Å². The molecule has 4 aromatic rings. The molecule has 1 aliphatic rings. The van der Waals surface area contributed by atoms with Crippen LogP contribution in [0.3, 0.4) is 0 Å². The van der Waals surface area contributed by atoms with Crippen LogP contribution in [0.2, 0.25) is 0 Å². The van der Waals surface area contributed by atoms with Crippen molar-refractivity contribution in [3.05, 3.63) is 65.2 Å². The number of unbranched alkanes of at least 4 members (excludes halogenated alkanes) is 1. The van der Waals surface area contributed by atoms with Gasteiger partial charge in [0.25, 0.3) is 0 Å². The summed E-state index contributed by atoms with van der Waals surface area (Å²) < 4.78 is 27.2. The Kier molecular flexibility index (Phi) is 14.2. The average molecular weight is 668 g/mol. The third-order valence-electron chi connectivity index (χ3n) is 7.36. The number of benzene rings is 1. The van der Waals surface area contributed by atoms with Gasteiger partial charge in [0.05, 0.1) is 36.1 Å². The van der Waals surface area contributed by atoms with Crippen LogP contribution in [0.15, 0.2) is 42.6 Å². The van der Waals surface area contributed by atoms with E-state index in [4.69, 9.17) is 24.5 Å². The number of amides is 1. The molecule has 0 bridgehead atoms. The molecule has 0 atom stereocenters. The highest BCUT2D eigenvalue weighted by molar-refractivity contribution is 7.97. The Bertz CT molecular complexity index is 1650. The Balaban J connectivity index is 0.00000114. The molecule has 47 heavy (non-hydrogen) atoms. The van der Waals surface area contributed by atoms with E-state index in [1.54, 1.807) is 58.7 Å². The van der Waals surface area contributed by atoms with E-state index >= 15 is 0 Å². The number of anilines is 1. The molecule has 0 radical (unpaired) electrons. The van der Waals surface area contributed by atoms with E-state index in [-0.39, 0.29) is 56.2 Å². The highest BCUT2D eigenvalue weighted by atomic mass is 32.2. The summed E-state index contributed by atoms with van der Waals surface area (Å²) in [6.45, 7) is 8.49. The lowest BCUT2D eigenvalue weighted by atomic mass is 9.85. The Morgan fingerprint density at radius 3 is 2.49 bits per heavy atom. The number of thioether (sulfide) groups is 1. The van der Waals surface area contributed by atoms with E-state index in [1.807, 2.05) is 32.4 Å². The van der Waals surface area contributed by atoms with E-state index in [0.29, 0.717) is 46.0 Å². The first-order chi connectivity index (χ1) is 22.7. The number of nitrogens with two attached hydrogens (primary N) is 1. The maximum absolute atomic E-state index is 14.5. The summed E-state index contributed by atoms with van der Waals surface area (Å²) in [4.78, 5) is 41.8. The minimum absolute atomic E-state index is 0.0487. The quantitative estimate of drug-likeness (QED) is 0.152. The first-order valence-electron chi connectivity index (χ1n) is 15.7. The summed E-state index contributed by atoms with van der Waals surface area (Å²) in [7, 11) is 1.50. The number of hydrogen-bond donors (Lipinski definition) is 1. The number of hydrogen-bond acceptors (Lipinski definition) is 10. The monoisotopic (exact) mass is 667 g/mol. The largest absolute Gasteiger partial charge is 0.466 e. The predicted molar refractivity (Wildman–Crippen MR) is 185 cm³/mol. The van der Waals surface area contributed by atoms with Gasteiger partial charge in [0.15, 0.2) is 11.5 Å². The fraction of sp³-hybridized carbons (Fsp3) is 0.471. The second kappa shape index (κ2) is 17.8. The molecule has 2 N–H and O–H groups in total. The van der Waals surface area contributed by atoms with Gasteiger partial charge in [0.1, 0.15) is 24.1 Å². The standard InChI is InChI=1S/C31H35FN6O4.C2H6S.CH5N/c1-5-7-17-41-19-37-29-25(31(3,4)30(37)40)23(14-15-24(39)42-6-2)34-27(35-29)26-21-12-10-16-33-28(21)38(36-26)18-20-11-8-9-13-22(20)32;1-3-2;1-2/h8-13,16H,5-7,14-15,17-19H2,1-4H3;1-2H3;2H2,1H3. The molecule has 1 amide bonds. The van der Waals surface area contributed by atoms with Gasteiger partial charge in [0, 0.05) is 30.4 Å². The second-order valence-corrected chi connectivity index (χ2v) is 11.9. The lowest BCUT2D eigenvalue weighted by Crippen LogP contribution is -2.38. The minimum Gasteiger partial charge on any atom is -0.466 e. The van der Waals surface area contributed by atoms with Crippen LogP contribution in [0.25, 0.3) is 22.6 Å². The van der Waals surface area contributed by atoms with Crippen molar-refractivity contribution in [3.8, 4) is 11.5 Å². The number of halogens is 1. The molecule has 0 saturated carbocycles. The van der Waals surface area contributed by atoms with Crippen molar-refractivity contribution >= 4 is 40.5 Å². The number of pyridine rings is 1. The van der Waals surface area contributed by atoms with Crippen LogP contribution in [-0.4, -0.2) is 76.1 Å². The topological polar surface area (TPSA) is 138 Å². The van der Waals surface area contributed by atoms with Crippen molar-refractivity contribution in [2.24, 2.45) is 5.73 Å². The van der Waals surface area contributed by atoms with E-state index in [9.17, 15) is 14.0 Å². The first kappa shape index (κ1) is 37.5. The van der Waals surface area contributed by atoms with Gasteiger partial charge >= 0.3 is 5.97 Å². The van der Waals surface area contributed by atoms with Gasteiger partial charge < -0.3 is 15.2 Å². The van der Waals surface area contributed by atoms with Crippen LogP contribution >= 0.6 is 11.8 Å². The van der Waals surface area contributed by atoms with E-state index in [0.717, 1.165) is 12.8 Å². The van der Waals surface area contributed by atoms with Gasteiger partial charge in [-0.25, -0.2) is 24.0 Å². The second-order valence-electron chi connectivity index (χ2n) is 11.1. The SMILES string of the molecule is CCCCOCN1C(=O)C(C)(C)c2c(CCC(=O)OCC)nc(-c3nn(Cc4ccccc4F)c4ncccc34)nc21.CN.CSC. The molecule has 0 unspecified atom stereocenters. The van der Waals surface area contributed by atoms with Crippen LogP contribution in [0, 0.1) is 5.82 Å². The highest BCUT2D eigenvalue weighted by Crippen LogP contribution is 2.43. The third-order valence-corrected chi connectivity index (χ3v) is 7.36. The van der Waals surface area contributed by atoms with E-state index in [2.05, 4.69) is 17.6 Å². The van der Waals surface area contributed by atoms with Gasteiger partial charge in [0.2, 0.25) is 5.91 Å². The zero-order valence-electron chi connectivity index (χ0n) is 28.4. The van der Waals surface area contributed by atoms with Crippen LogP contribution in [0.4, 0.5) is 10.2 Å². The van der Waals surface area contributed by atoms with Crippen molar-refractivity contribution in [2.45, 2.75) is 65.3 Å². The molecule has 0 spiro atoms. The summed E-state index contributed by atoms with van der Waals surface area (Å²) in [5.74, 6) is -0.132. The number of carbonyl (C=O) groups excluding carboxylic acids is 2. The zero-order chi connectivity index (χ0) is 34.6. The lowest BCUT2D eigenvalue weighted by molar-refractivity contribution is -0.143. The Hall–Kier alpha value is -3.94. The molecular formula is C34H46FN7O4S. The van der Waals surface area contributed by atoms with Crippen molar-refractivity contribution in [3.63, 3.8) is 0 Å². The molecule has 0 saturated heterocycles. The smallest absolute Gasteiger partial charge is 0.306 e. The van der Waals surface area contributed by atoms with Gasteiger partial charge in [-0.1, -0.05) is 31.5 Å². The Labute approximate surface area is 280 Å². The number of aromatic nitrogens is 5. The van der Waals surface area contributed by atoms with Gasteiger partial charge in [-0.2, -0.15) is 16.9 Å². The van der Waals surface area contributed by atoms with Gasteiger partial charge in [-0.15, -0.1) is 0 Å². The number of aryl methyl sites for hydroxylation is 1.